The number of hydrogen-bond donors (Lipinski definition) is 3. The van der Waals surface area contributed by atoms with Crippen molar-refractivity contribution < 1.29 is 9.90 Å². The van der Waals surface area contributed by atoms with Crippen LogP contribution in [0.2, 0.25) is 0 Å². The lowest BCUT2D eigenvalue weighted by Gasteiger charge is -2.32. The number of nitrogens with zero attached hydrogens (tertiary/aromatic N) is 2. The third kappa shape index (κ3) is 4.84. The molecule has 6 nitrogen and oxygen atoms in total. The van der Waals surface area contributed by atoms with Crippen LogP contribution in [0.4, 0.5) is 0 Å². The van der Waals surface area contributed by atoms with Crippen LogP contribution in [0.1, 0.15) is 34.8 Å². The minimum absolute atomic E-state index is 0.151. The van der Waals surface area contributed by atoms with Gasteiger partial charge in [0, 0.05) is 18.7 Å². The highest BCUT2D eigenvalue weighted by atomic mass is 16.3. The number of aromatic nitrogens is 2. The number of H-pyrrole nitrogens is 1. The summed E-state index contributed by atoms with van der Waals surface area (Å²) in [7, 11) is 0. The lowest BCUT2D eigenvalue weighted by atomic mass is 9.89. The first-order valence-electron chi connectivity index (χ1n) is 10.1. The highest BCUT2D eigenvalue weighted by Crippen LogP contribution is 2.27. The molecule has 0 atom stereocenters. The number of likely N-dealkylation sites (tertiary alicyclic amines) is 1. The maximum atomic E-state index is 12.4. The zero-order chi connectivity index (χ0) is 20.1. The summed E-state index contributed by atoms with van der Waals surface area (Å²) in [5, 5.41) is 19.3. The summed E-state index contributed by atoms with van der Waals surface area (Å²) in [5.74, 6) is 0.696. The SMILES string of the molecule is O=C(NCCN1CCC(c2ccccc2)CC1)c1cc(-c2ccc(O)cc2)n[nH]1. The Balaban J connectivity index is 1.22. The second kappa shape index (κ2) is 8.92. The van der Waals surface area contributed by atoms with Crippen molar-refractivity contribution in [2.75, 3.05) is 26.2 Å². The molecule has 0 unspecified atom stereocenters. The fraction of sp³-hybridized carbons (Fsp3) is 0.304. The Hall–Kier alpha value is -3.12. The molecule has 1 saturated heterocycles. The standard InChI is InChI=1S/C23H26N4O2/c28-20-8-6-19(7-9-20)21-16-22(26-25-21)23(29)24-12-15-27-13-10-18(11-14-27)17-4-2-1-3-5-17/h1-9,16,18,28H,10-15H2,(H,24,29)(H,25,26). The van der Waals surface area contributed by atoms with Crippen molar-refractivity contribution in [1.29, 1.82) is 0 Å². The summed E-state index contributed by atoms with van der Waals surface area (Å²) in [6, 6.07) is 19.2. The van der Waals surface area contributed by atoms with Crippen molar-refractivity contribution >= 4 is 5.91 Å². The quantitative estimate of drug-likeness (QED) is 0.603. The van der Waals surface area contributed by atoms with E-state index in [0.717, 1.165) is 38.0 Å². The highest BCUT2D eigenvalue weighted by Gasteiger charge is 2.20. The van der Waals surface area contributed by atoms with Crippen LogP contribution in [0.25, 0.3) is 11.3 Å². The van der Waals surface area contributed by atoms with Crippen molar-refractivity contribution in [2.24, 2.45) is 0 Å². The van der Waals surface area contributed by atoms with Crippen LogP contribution in [0.5, 0.6) is 5.75 Å². The summed E-state index contributed by atoms with van der Waals surface area (Å²) in [6.07, 6.45) is 2.32. The van der Waals surface area contributed by atoms with Crippen LogP contribution >= 0.6 is 0 Å². The molecule has 1 fully saturated rings. The normalized spacial score (nSPS) is 15.3. The van der Waals surface area contributed by atoms with Crippen LogP contribution in [-0.2, 0) is 0 Å². The molecule has 0 aliphatic carbocycles. The molecule has 0 bridgehead atoms. The van der Waals surface area contributed by atoms with Crippen molar-refractivity contribution in [1.82, 2.24) is 20.4 Å². The fourth-order valence-corrected chi connectivity index (χ4v) is 3.86. The third-order valence-corrected chi connectivity index (χ3v) is 5.56. The number of aromatic hydroxyl groups is 1. The highest BCUT2D eigenvalue weighted by molar-refractivity contribution is 5.93. The number of nitrogens with one attached hydrogen (secondary N) is 2. The molecule has 0 spiro atoms. The molecule has 0 radical (unpaired) electrons. The minimum Gasteiger partial charge on any atom is -0.508 e. The monoisotopic (exact) mass is 390 g/mol. The number of phenols is 1. The Kier molecular flexibility index (Phi) is 5.91. The van der Waals surface area contributed by atoms with E-state index in [1.807, 2.05) is 0 Å². The van der Waals surface area contributed by atoms with Crippen molar-refractivity contribution in [3.05, 3.63) is 71.9 Å². The van der Waals surface area contributed by atoms with E-state index in [9.17, 15) is 9.90 Å². The van der Waals surface area contributed by atoms with Crippen molar-refractivity contribution in [3.63, 3.8) is 0 Å². The third-order valence-electron chi connectivity index (χ3n) is 5.56. The van der Waals surface area contributed by atoms with Crippen molar-refractivity contribution in [3.8, 4) is 17.0 Å². The molecule has 2 aromatic carbocycles. The van der Waals surface area contributed by atoms with E-state index in [4.69, 9.17) is 0 Å². The van der Waals surface area contributed by atoms with Crippen LogP contribution in [0.3, 0.4) is 0 Å². The molecule has 6 heteroatoms. The van der Waals surface area contributed by atoms with Crippen molar-refractivity contribution in [2.45, 2.75) is 18.8 Å². The Labute approximate surface area is 170 Å². The number of amides is 1. The number of benzene rings is 2. The van der Waals surface area contributed by atoms with Gasteiger partial charge in [0.25, 0.3) is 5.91 Å². The lowest BCUT2D eigenvalue weighted by Crippen LogP contribution is -2.39. The number of rotatable bonds is 6. The largest absolute Gasteiger partial charge is 0.508 e. The zero-order valence-electron chi connectivity index (χ0n) is 16.3. The summed E-state index contributed by atoms with van der Waals surface area (Å²) in [6.45, 7) is 3.59. The minimum atomic E-state index is -0.151. The van der Waals surface area contributed by atoms with Crippen LogP contribution in [0, 0.1) is 0 Å². The van der Waals surface area contributed by atoms with Crippen LogP contribution in [-0.4, -0.2) is 52.3 Å². The van der Waals surface area contributed by atoms with Gasteiger partial charge in [-0.05, 0) is 67.7 Å². The van der Waals surface area contributed by atoms with Gasteiger partial charge in [-0.2, -0.15) is 5.10 Å². The first-order chi connectivity index (χ1) is 14.2. The Morgan fingerprint density at radius 3 is 2.55 bits per heavy atom. The number of hydrogen-bond acceptors (Lipinski definition) is 4. The summed E-state index contributed by atoms with van der Waals surface area (Å²) in [4.78, 5) is 14.8. The second-order valence-corrected chi connectivity index (χ2v) is 7.50. The molecule has 150 valence electrons. The first-order valence-corrected chi connectivity index (χ1v) is 10.1. The van der Waals surface area contributed by atoms with Gasteiger partial charge in [-0.3, -0.25) is 9.89 Å². The molecule has 1 aromatic heterocycles. The molecule has 1 aliphatic heterocycles. The number of piperidine rings is 1. The van der Waals surface area contributed by atoms with E-state index in [2.05, 4.69) is 50.7 Å². The van der Waals surface area contributed by atoms with Gasteiger partial charge in [0.15, 0.2) is 0 Å². The van der Waals surface area contributed by atoms with E-state index in [0.29, 0.717) is 23.9 Å². The average Bonchev–Trinajstić information content (AvgIpc) is 3.26. The maximum Gasteiger partial charge on any atom is 0.269 e. The maximum absolute atomic E-state index is 12.4. The van der Waals surface area contributed by atoms with E-state index in [1.54, 1.807) is 30.3 Å². The Morgan fingerprint density at radius 1 is 1.10 bits per heavy atom. The van der Waals surface area contributed by atoms with Crippen LogP contribution < -0.4 is 5.32 Å². The predicted molar refractivity (Wildman–Crippen MR) is 113 cm³/mol. The molecule has 0 saturated carbocycles. The Morgan fingerprint density at radius 2 is 1.83 bits per heavy atom. The van der Waals surface area contributed by atoms with Gasteiger partial charge in [0.05, 0.1) is 5.69 Å². The van der Waals surface area contributed by atoms with E-state index >= 15 is 0 Å². The fourth-order valence-electron chi connectivity index (χ4n) is 3.86. The smallest absolute Gasteiger partial charge is 0.269 e. The molecular formula is C23H26N4O2. The average molecular weight is 390 g/mol. The van der Waals surface area contributed by atoms with Gasteiger partial charge >= 0.3 is 0 Å². The topological polar surface area (TPSA) is 81.2 Å². The molecule has 3 aromatic rings. The molecular weight excluding hydrogens is 364 g/mol. The molecule has 1 amide bonds. The van der Waals surface area contributed by atoms with Gasteiger partial charge in [-0.1, -0.05) is 30.3 Å². The lowest BCUT2D eigenvalue weighted by molar-refractivity contribution is 0.0941. The molecule has 1 aliphatic rings. The van der Waals surface area contributed by atoms with E-state index < -0.39 is 0 Å². The predicted octanol–water partition coefficient (Wildman–Crippen LogP) is 3.39. The number of carbonyl (C=O) groups is 1. The molecule has 4 rings (SSSR count). The molecule has 3 N–H and O–H groups in total. The van der Waals surface area contributed by atoms with Gasteiger partial charge in [0.1, 0.15) is 11.4 Å². The van der Waals surface area contributed by atoms with E-state index in [-0.39, 0.29) is 11.7 Å². The number of aromatic amines is 1. The number of carbonyl (C=O) groups excluding carboxylic acids is 1. The van der Waals surface area contributed by atoms with Gasteiger partial charge in [-0.15, -0.1) is 0 Å². The van der Waals surface area contributed by atoms with Gasteiger partial charge < -0.3 is 15.3 Å². The van der Waals surface area contributed by atoms with E-state index in [1.165, 1.54) is 5.56 Å². The summed E-state index contributed by atoms with van der Waals surface area (Å²) < 4.78 is 0. The summed E-state index contributed by atoms with van der Waals surface area (Å²) in [5.41, 5.74) is 3.40. The summed E-state index contributed by atoms with van der Waals surface area (Å²) >= 11 is 0. The zero-order valence-corrected chi connectivity index (χ0v) is 16.3. The van der Waals surface area contributed by atoms with Gasteiger partial charge in [0.2, 0.25) is 0 Å². The molecule has 29 heavy (non-hydrogen) atoms. The Bertz CT molecular complexity index is 929. The number of phenolic OH excluding ortho intramolecular Hbond substituents is 1. The first kappa shape index (κ1) is 19.2. The van der Waals surface area contributed by atoms with Gasteiger partial charge in [-0.25, -0.2) is 0 Å². The molecule has 2 heterocycles. The second-order valence-electron chi connectivity index (χ2n) is 7.50. The van der Waals surface area contributed by atoms with Crippen LogP contribution in [0.15, 0.2) is 60.7 Å².